The van der Waals surface area contributed by atoms with E-state index in [1.807, 2.05) is 0 Å². The number of ether oxygens (including phenoxy) is 1. The Kier molecular flexibility index (Phi) is 2.48. The third-order valence-corrected chi connectivity index (χ3v) is 3.89. The van der Waals surface area contributed by atoms with Crippen molar-refractivity contribution in [2.75, 3.05) is 0 Å². The van der Waals surface area contributed by atoms with E-state index in [0.29, 0.717) is 11.5 Å². The predicted octanol–water partition coefficient (Wildman–Crippen LogP) is 0.224. The highest BCUT2D eigenvalue weighted by molar-refractivity contribution is 5.92. The number of hydrogen-bond donors (Lipinski definition) is 2. The second-order valence-corrected chi connectivity index (χ2v) is 5.39. The zero-order valence-electron chi connectivity index (χ0n) is 10.0. The number of amides is 1. The summed E-state index contributed by atoms with van der Waals surface area (Å²) in [5, 5.41) is 0. The third-order valence-electron chi connectivity index (χ3n) is 3.89. The molecule has 6 nitrogen and oxygen atoms in total. The molecule has 1 heterocycles. The minimum Gasteiger partial charge on any atom is -0.473 e. The van der Waals surface area contributed by atoms with E-state index in [1.165, 1.54) is 12.4 Å². The SMILES string of the molecule is NC(=O)c1nccnc1OC1CC2(CC(N)C2)C1. The maximum atomic E-state index is 11.2. The van der Waals surface area contributed by atoms with Crippen molar-refractivity contribution < 1.29 is 9.53 Å². The zero-order valence-corrected chi connectivity index (χ0v) is 10.0. The number of nitrogens with two attached hydrogens (primary N) is 2. The first-order valence-electron chi connectivity index (χ1n) is 6.11. The van der Waals surface area contributed by atoms with Gasteiger partial charge < -0.3 is 16.2 Å². The van der Waals surface area contributed by atoms with Crippen molar-refractivity contribution in [3.8, 4) is 5.88 Å². The lowest BCUT2D eigenvalue weighted by Crippen LogP contribution is -2.56. The molecule has 0 saturated heterocycles. The molecule has 3 rings (SSSR count). The Bertz CT molecular complexity index is 477. The first-order valence-corrected chi connectivity index (χ1v) is 6.11. The number of hydrogen-bond acceptors (Lipinski definition) is 5. The Hall–Kier alpha value is -1.69. The van der Waals surface area contributed by atoms with Crippen LogP contribution in [0.25, 0.3) is 0 Å². The average molecular weight is 248 g/mol. The third kappa shape index (κ3) is 1.82. The van der Waals surface area contributed by atoms with Gasteiger partial charge in [-0.2, -0.15) is 0 Å². The molecule has 18 heavy (non-hydrogen) atoms. The van der Waals surface area contributed by atoms with Crippen molar-refractivity contribution >= 4 is 5.91 Å². The molecule has 0 aromatic carbocycles. The van der Waals surface area contributed by atoms with Crippen LogP contribution >= 0.6 is 0 Å². The van der Waals surface area contributed by atoms with Crippen molar-refractivity contribution in [3.05, 3.63) is 18.1 Å². The van der Waals surface area contributed by atoms with E-state index < -0.39 is 5.91 Å². The Labute approximate surface area is 105 Å². The van der Waals surface area contributed by atoms with Gasteiger partial charge in [-0.05, 0) is 31.1 Å². The molecule has 2 aliphatic rings. The van der Waals surface area contributed by atoms with Crippen LogP contribution in [0.3, 0.4) is 0 Å². The highest BCUT2D eigenvalue weighted by Crippen LogP contribution is 2.56. The number of primary amides is 1. The number of nitrogens with zero attached hydrogens (tertiary/aromatic N) is 2. The van der Waals surface area contributed by atoms with Gasteiger partial charge in [0.15, 0.2) is 5.69 Å². The van der Waals surface area contributed by atoms with Gasteiger partial charge in [0.25, 0.3) is 5.91 Å². The van der Waals surface area contributed by atoms with Crippen LogP contribution in [0.2, 0.25) is 0 Å². The molecule has 2 fully saturated rings. The Morgan fingerprint density at radius 1 is 1.28 bits per heavy atom. The van der Waals surface area contributed by atoms with Crippen LogP contribution in [-0.2, 0) is 0 Å². The molecule has 0 bridgehead atoms. The van der Waals surface area contributed by atoms with Crippen molar-refractivity contribution in [1.29, 1.82) is 0 Å². The monoisotopic (exact) mass is 248 g/mol. The Balaban J connectivity index is 1.63. The van der Waals surface area contributed by atoms with Gasteiger partial charge in [-0.15, -0.1) is 0 Å². The molecular weight excluding hydrogens is 232 g/mol. The maximum absolute atomic E-state index is 11.2. The van der Waals surface area contributed by atoms with Crippen LogP contribution in [0, 0.1) is 5.41 Å². The lowest BCUT2D eigenvalue weighted by atomic mass is 9.53. The fourth-order valence-corrected chi connectivity index (χ4v) is 3.11. The molecule has 1 amide bonds. The number of aromatic nitrogens is 2. The highest BCUT2D eigenvalue weighted by Gasteiger charge is 2.53. The smallest absolute Gasteiger partial charge is 0.272 e. The molecular formula is C12H16N4O2. The molecule has 2 aliphatic carbocycles. The summed E-state index contributed by atoms with van der Waals surface area (Å²) in [5.74, 6) is -0.369. The molecule has 6 heteroatoms. The van der Waals surface area contributed by atoms with Gasteiger partial charge in [-0.1, -0.05) is 0 Å². The second-order valence-electron chi connectivity index (χ2n) is 5.39. The fourth-order valence-electron chi connectivity index (χ4n) is 3.11. The molecule has 1 aromatic rings. The van der Waals surface area contributed by atoms with Gasteiger partial charge in [-0.25, -0.2) is 9.97 Å². The van der Waals surface area contributed by atoms with Crippen molar-refractivity contribution in [1.82, 2.24) is 9.97 Å². The van der Waals surface area contributed by atoms with E-state index in [2.05, 4.69) is 9.97 Å². The minimum atomic E-state index is -0.613. The van der Waals surface area contributed by atoms with Gasteiger partial charge in [0, 0.05) is 18.4 Å². The minimum absolute atomic E-state index is 0.101. The van der Waals surface area contributed by atoms with Crippen LogP contribution < -0.4 is 16.2 Å². The van der Waals surface area contributed by atoms with E-state index in [-0.39, 0.29) is 17.7 Å². The lowest BCUT2D eigenvalue weighted by Gasteiger charge is -2.56. The van der Waals surface area contributed by atoms with Crippen molar-refractivity contribution in [2.45, 2.75) is 37.8 Å². The number of carbonyl (C=O) groups is 1. The number of rotatable bonds is 3. The second kappa shape index (κ2) is 3.91. The average Bonchev–Trinajstić information content (AvgIpc) is 2.24. The van der Waals surface area contributed by atoms with Crippen LogP contribution in [0.4, 0.5) is 0 Å². The molecule has 1 aromatic heterocycles. The summed E-state index contributed by atoms with van der Waals surface area (Å²) in [7, 11) is 0. The van der Waals surface area contributed by atoms with E-state index in [9.17, 15) is 4.79 Å². The zero-order chi connectivity index (χ0) is 12.8. The Morgan fingerprint density at radius 3 is 2.56 bits per heavy atom. The van der Waals surface area contributed by atoms with Crippen molar-refractivity contribution in [3.63, 3.8) is 0 Å². The molecule has 0 unspecified atom stereocenters. The summed E-state index contributed by atoms with van der Waals surface area (Å²) in [6.45, 7) is 0. The molecule has 2 saturated carbocycles. The number of carbonyl (C=O) groups excluding carboxylic acids is 1. The van der Waals surface area contributed by atoms with Gasteiger partial charge in [0.2, 0.25) is 5.88 Å². The normalized spacial score (nSPS) is 33.6. The Morgan fingerprint density at radius 2 is 1.94 bits per heavy atom. The van der Waals surface area contributed by atoms with Crippen LogP contribution in [-0.4, -0.2) is 28.0 Å². The van der Waals surface area contributed by atoms with E-state index in [1.54, 1.807) is 0 Å². The van der Waals surface area contributed by atoms with Gasteiger partial charge in [0.1, 0.15) is 6.10 Å². The standard InChI is InChI=1S/C12H16N4O2/c13-7-3-12(4-7)5-8(6-12)18-11-9(10(14)17)15-1-2-16-11/h1-2,7-8H,3-6,13H2,(H2,14,17). The molecule has 0 radical (unpaired) electrons. The summed E-state index contributed by atoms with van der Waals surface area (Å²) in [6.07, 6.45) is 7.15. The van der Waals surface area contributed by atoms with Crippen LogP contribution in [0.1, 0.15) is 36.2 Å². The van der Waals surface area contributed by atoms with E-state index in [0.717, 1.165) is 25.7 Å². The molecule has 1 spiro atoms. The summed E-state index contributed by atoms with van der Waals surface area (Å²) < 4.78 is 5.69. The van der Waals surface area contributed by atoms with Gasteiger partial charge >= 0.3 is 0 Å². The van der Waals surface area contributed by atoms with E-state index >= 15 is 0 Å². The predicted molar refractivity (Wildman–Crippen MR) is 63.8 cm³/mol. The maximum Gasteiger partial charge on any atom is 0.272 e. The molecule has 96 valence electrons. The topological polar surface area (TPSA) is 104 Å². The largest absolute Gasteiger partial charge is 0.473 e. The van der Waals surface area contributed by atoms with Gasteiger partial charge in [0.05, 0.1) is 0 Å². The fraction of sp³-hybridized carbons (Fsp3) is 0.583. The summed E-state index contributed by atoms with van der Waals surface area (Å²) in [4.78, 5) is 19.1. The van der Waals surface area contributed by atoms with E-state index in [4.69, 9.17) is 16.2 Å². The van der Waals surface area contributed by atoms with Crippen LogP contribution in [0.5, 0.6) is 5.88 Å². The highest BCUT2D eigenvalue weighted by atomic mass is 16.5. The first kappa shape index (κ1) is 11.4. The molecule has 4 N–H and O–H groups in total. The summed E-state index contributed by atoms with van der Waals surface area (Å²) in [5.41, 5.74) is 11.5. The summed E-state index contributed by atoms with van der Waals surface area (Å²) in [6, 6.07) is 0.351. The van der Waals surface area contributed by atoms with Crippen LogP contribution in [0.15, 0.2) is 12.4 Å². The van der Waals surface area contributed by atoms with Gasteiger partial charge in [-0.3, -0.25) is 4.79 Å². The molecule has 0 atom stereocenters. The quantitative estimate of drug-likeness (QED) is 0.796. The summed E-state index contributed by atoms with van der Waals surface area (Å²) >= 11 is 0. The molecule has 0 aliphatic heterocycles. The van der Waals surface area contributed by atoms with Crippen molar-refractivity contribution in [2.24, 2.45) is 16.9 Å². The lowest BCUT2D eigenvalue weighted by molar-refractivity contribution is -0.0798. The first-order chi connectivity index (χ1) is 8.58.